The first kappa shape index (κ1) is 13.6. The van der Waals surface area contributed by atoms with Crippen LogP contribution in [0.5, 0.6) is 0 Å². The standard InChI is InChI=1S/C13H12N4O3S/c18-12(19)7-21-13-15-9-3-1-2-4-10(9)17(13)6-5-11-14-8-20-16-11/h1-4,8H,5-7H2,(H,18,19). The van der Waals surface area contributed by atoms with Crippen LogP contribution in [0.15, 0.2) is 40.3 Å². The van der Waals surface area contributed by atoms with Crippen molar-refractivity contribution < 1.29 is 14.4 Å². The molecule has 0 unspecified atom stereocenters. The van der Waals surface area contributed by atoms with Gasteiger partial charge in [-0.2, -0.15) is 4.98 Å². The van der Waals surface area contributed by atoms with Gasteiger partial charge in [-0.3, -0.25) is 4.79 Å². The molecule has 0 saturated heterocycles. The predicted molar refractivity (Wildman–Crippen MR) is 76.1 cm³/mol. The topological polar surface area (TPSA) is 94.0 Å². The zero-order valence-electron chi connectivity index (χ0n) is 11.0. The van der Waals surface area contributed by atoms with Crippen LogP contribution in [0.25, 0.3) is 11.0 Å². The zero-order chi connectivity index (χ0) is 14.7. The number of nitrogens with zero attached hydrogens (tertiary/aromatic N) is 4. The second-order valence-corrected chi connectivity index (χ2v) is 5.26. The van der Waals surface area contributed by atoms with E-state index in [1.807, 2.05) is 28.8 Å². The van der Waals surface area contributed by atoms with Gasteiger partial charge in [-0.1, -0.05) is 29.1 Å². The lowest BCUT2D eigenvalue weighted by Gasteiger charge is -2.06. The number of aliphatic carboxylic acids is 1. The minimum absolute atomic E-state index is 0.0223. The van der Waals surface area contributed by atoms with E-state index in [1.165, 1.54) is 18.2 Å². The van der Waals surface area contributed by atoms with E-state index < -0.39 is 5.97 Å². The maximum Gasteiger partial charge on any atom is 0.313 e. The first-order valence-corrected chi connectivity index (χ1v) is 7.27. The number of aryl methyl sites for hydroxylation is 2. The van der Waals surface area contributed by atoms with E-state index >= 15 is 0 Å². The van der Waals surface area contributed by atoms with Gasteiger partial charge in [0.15, 0.2) is 11.0 Å². The van der Waals surface area contributed by atoms with Gasteiger partial charge in [0, 0.05) is 13.0 Å². The maximum absolute atomic E-state index is 10.8. The average Bonchev–Trinajstić information content (AvgIpc) is 3.10. The molecule has 21 heavy (non-hydrogen) atoms. The van der Waals surface area contributed by atoms with Crippen LogP contribution in [-0.4, -0.2) is 36.5 Å². The van der Waals surface area contributed by atoms with Crippen molar-refractivity contribution in [2.45, 2.75) is 18.1 Å². The number of benzene rings is 1. The molecule has 0 fully saturated rings. The number of hydrogen-bond donors (Lipinski definition) is 1. The van der Waals surface area contributed by atoms with Crippen LogP contribution in [-0.2, 0) is 17.8 Å². The van der Waals surface area contributed by atoms with Crippen molar-refractivity contribution in [1.82, 2.24) is 19.7 Å². The van der Waals surface area contributed by atoms with Gasteiger partial charge >= 0.3 is 5.97 Å². The summed E-state index contributed by atoms with van der Waals surface area (Å²) in [7, 11) is 0. The Hall–Kier alpha value is -2.35. The van der Waals surface area contributed by atoms with E-state index in [0.717, 1.165) is 11.0 Å². The largest absolute Gasteiger partial charge is 0.481 e. The minimum atomic E-state index is -0.864. The van der Waals surface area contributed by atoms with Crippen LogP contribution >= 0.6 is 11.8 Å². The number of fused-ring (bicyclic) bond motifs is 1. The second kappa shape index (κ2) is 5.96. The molecule has 2 heterocycles. The summed E-state index contributed by atoms with van der Waals surface area (Å²) in [6.07, 6.45) is 1.89. The molecule has 2 aromatic heterocycles. The number of hydrogen-bond acceptors (Lipinski definition) is 6. The number of para-hydroxylation sites is 2. The number of thioether (sulfide) groups is 1. The van der Waals surface area contributed by atoms with Crippen molar-refractivity contribution in [3.05, 3.63) is 36.5 Å². The quantitative estimate of drug-likeness (QED) is 0.694. The van der Waals surface area contributed by atoms with Crippen molar-refractivity contribution in [3.63, 3.8) is 0 Å². The molecule has 0 saturated carbocycles. The van der Waals surface area contributed by atoms with Gasteiger partial charge in [0.05, 0.1) is 16.8 Å². The number of aromatic nitrogens is 4. The normalized spacial score (nSPS) is 11.0. The molecular weight excluding hydrogens is 292 g/mol. The fourth-order valence-corrected chi connectivity index (χ4v) is 2.78. The fourth-order valence-electron chi connectivity index (χ4n) is 2.02. The highest BCUT2D eigenvalue weighted by Crippen LogP contribution is 2.24. The summed E-state index contributed by atoms with van der Waals surface area (Å²) in [5.41, 5.74) is 1.81. The van der Waals surface area contributed by atoms with E-state index in [4.69, 9.17) is 9.63 Å². The summed E-state index contributed by atoms with van der Waals surface area (Å²) in [5, 5.41) is 13.3. The Labute approximate surface area is 124 Å². The van der Waals surface area contributed by atoms with Gasteiger partial charge in [-0.25, -0.2) is 4.98 Å². The summed E-state index contributed by atoms with van der Waals surface area (Å²) < 4.78 is 6.70. The van der Waals surface area contributed by atoms with Gasteiger partial charge in [0.2, 0.25) is 6.39 Å². The SMILES string of the molecule is O=C(O)CSc1nc2ccccc2n1CCc1ncon1. The third-order valence-corrected chi connectivity index (χ3v) is 3.87. The molecule has 8 heteroatoms. The monoisotopic (exact) mass is 304 g/mol. The van der Waals surface area contributed by atoms with Crippen molar-refractivity contribution in [1.29, 1.82) is 0 Å². The molecule has 1 N–H and O–H groups in total. The predicted octanol–water partition coefficient (Wildman–Crippen LogP) is 1.84. The summed E-state index contributed by atoms with van der Waals surface area (Å²) in [6, 6.07) is 7.71. The van der Waals surface area contributed by atoms with Gasteiger partial charge in [-0.15, -0.1) is 0 Å². The van der Waals surface area contributed by atoms with E-state index in [9.17, 15) is 4.79 Å². The number of carboxylic acids is 1. The molecule has 0 aliphatic heterocycles. The van der Waals surface area contributed by atoms with Crippen LogP contribution in [0, 0.1) is 0 Å². The second-order valence-electron chi connectivity index (χ2n) is 4.31. The lowest BCUT2D eigenvalue weighted by molar-refractivity contribution is -0.133. The van der Waals surface area contributed by atoms with E-state index in [1.54, 1.807) is 0 Å². The zero-order valence-corrected chi connectivity index (χ0v) is 11.8. The Bertz CT molecular complexity index is 754. The Kier molecular flexibility index (Phi) is 3.87. The number of rotatable bonds is 6. The molecular formula is C13H12N4O3S. The van der Waals surface area contributed by atoms with Crippen molar-refractivity contribution in [2.75, 3.05) is 5.75 Å². The Balaban J connectivity index is 1.89. The average molecular weight is 304 g/mol. The molecule has 0 aliphatic rings. The highest BCUT2D eigenvalue weighted by Gasteiger charge is 2.13. The van der Waals surface area contributed by atoms with Gasteiger partial charge < -0.3 is 14.2 Å². The van der Waals surface area contributed by atoms with E-state index in [-0.39, 0.29) is 5.75 Å². The molecule has 0 spiro atoms. The fraction of sp³-hybridized carbons (Fsp3) is 0.231. The summed E-state index contributed by atoms with van der Waals surface area (Å²) in [6.45, 7) is 0.613. The minimum Gasteiger partial charge on any atom is -0.481 e. The molecule has 3 aromatic rings. The molecule has 0 radical (unpaired) electrons. The number of imidazole rings is 1. The van der Waals surface area contributed by atoms with Gasteiger partial charge in [0.25, 0.3) is 0 Å². The summed E-state index contributed by atoms with van der Waals surface area (Å²) >= 11 is 1.21. The number of carboxylic acid groups (broad SMARTS) is 1. The molecule has 0 atom stereocenters. The van der Waals surface area contributed by atoms with E-state index in [2.05, 4.69) is 15.1 Å². The highest BCUT2D eigenvalue weighted by molar-refractivity contribution is 7.99. The first-order valence-electron chi connectivity index (χ1n) is 6.29. The molecule has 108 valence electrons. The highest BCUT2D eigenvalue weighted by atomic mass is 32.2. The molecule has 0 aliphatic carbocycles. The molecule has 0 bridgehead atoms. The molecule has 7 nitrogen and oxygen atoms in total. The van der Waals surface area contributed by atoms with Crippen LogP contribution < -0.4 is 0 Å². The molecule has 0 amide bonds. The van der Waals surface area contributed by atoms with Crippen molar-refractivity contribution in [2.24, 2.45) is 0 Å². The van der Waals surface area contributed by atoms with Crippen LogP contribution in [0.2, 0.25) is 0 Å². The van der Waals surface area contributed by atoms with Crippen molar-refractivity contribution in [3.8, 4) is 0 Å². The van der Waals surface area contributed by atoms with Gasteiger partial charge in [0.1, 0.15) is 0 Å². The Morgan fingerprint density at radius 2 is 2.24 bits per heavy atom. The third-order valence-electron chi connectivity index (χ3n) is 2.91. The van der Waals surface area contributed by atoms with Gasteiger partial charge in [-0.05, 0) is 12.1 Å². The summed E-state index contributed by atoms with van der Waals surface area (Å²) in [5.74, 6) is -0.273. The lowest BCUT2D eigenvalue weighted by Crippen LogP contribution is -2.06. The molecule has 3 rings (SSSR count). The van der Waals surface area contributed by atoms with Crippen LogP contribution in [0.4, 0.5) is 0 Å². The molecule has 1 aromatic carbocycles. The Morgan fingerprint density at radius 3 is 3.00 bits per heavy atom. The third kappa shape index (κ3) is 3.05. The van der Waals surface area contributed by atoms with Crippen molar-refractivity contribution >= 4 is 28.8 Å². The smallest absolute Gasteiger partial charge is 0.313 e. The van der Waals surface area contributed by atoms with Crippen LogP contribution in [0.3, 0.4) is 0 Å². The summed E-state index contributed by atoms with van der Waals surface area (Å²) in [4.78, 5) is 19.2. The number of carbonyl (C=O) groups is 1. The van der Waals surface area contributed by atoms with Crippen LogP contribution in [0.1, 0.15) is 5.82 Å². The Morgan fingerprint density at radius 1 is 1.38 bits per heavy atom. The van der Waals surface area contributed by atoms with E-state index in [0.29, 0.717) is 23.9 Å². The maximum atomic E-state index is 10.8. The first-order chi connectivity index (χ1) is 10.2. The lowest BCUT2D eigenvalue weighted by atomic mass is 10.3.